The summed E-state index contributed by atoms with van der Waals surface area (Å²) in [5.74, 6) is 0.372. The van der Waals surface area contributed by atoms with Crippen molar-refractivity contribution in [2.75, 3.05) is 6.23 Å². The molecule has 1 heterocycles. The quantitative estimate of drug-likeness (QED) is 0.121. The molecule has 0 aliphatic carbocycles. The first-order chi connectivity index (χ1) is 15.1. The monoisotopic (exact) mass is 498 g/mol. The van der Waals surface area contributed by atoms with E-state index in [2.05, 4.69) is 61.6 Å². The number of aliphatic imine (C=N–C) groups is 1. The smallest absolute Gasteiger partial charge is 0.176 e. The Labute approximate surface area is 201 Å². The van der Waals surface area contributed by atoms with E-state index in [-0.39, 0.29) is 6.61 Å². The molecule has 0 spiro atoms. The van der Waals surface area contributed by atoms with Crippen LogP contribution >= 0.6 is 23.8 Å². The van der Waals surface area contributed by atoms with E-state index >= 15 is 0 Å². The molecular formula is C22H35ClN4O3SSi. The zero-order valence-electron chi connectivity index (χ0n) is 20.0. The molecule has 0 aliphatic heterocycles. The Morgan fingerprint density at radius 2 is 1.84 bits per heavy atom. The van der Waals surface area contributed by atoms with Crippen LogP contribution in [0.2, 0.25) is 21.6 Å². The number of nitrogens with one attached hydrogen (secondary N) is 1. The van der Waals surface area contributed by atoms with Gasteiger partial charge in [-0.2, -0.15) is 0 Å². The van der Waals surface area contributed by atoms with Gasteiger partial charge in [-0.15, -0.1) is 0 Å². The number of benzene rings is 1. The Bertz CT molecular complexity index is 883. The van der Waals surface area contributed by atoms with Gasteiger partial charge in [0.25, 0.3) is 0 Å². The van der Waals surface area contributed by atoms with Crippen LogP contribution in [0.25, 0.3) is 0 Å². The second-order valence-corrected chi connectivity index (χ2v) is 15.9. The van der Waals surface area contributed by atoms with Gasteiger partial charge in [-0.05, 0) is 52.0 Å². The number of aromatic nitrogens is 2. The van der Waals surface area contributed by atoms with Crippen molar-refractivity contribution in [3.63, 3.8) is 0 Å². The van der Waals surface area contributed by atoms with Crippen molar-refractivity contribution in [1.29, 1.82) is 0 Å². The number of nitrogens with zero attached hydrogens (tertiary/aromatic N) is 3. The number of amidine groups is 1. The minimum absolute atomic E-state index is 0.271. The van der Waals surface area contributed by atoms with Gasteiger partial charge in [0, 0.05) is 11.3 Å². The highest BCUT2D eigenvalue weighted by Gasteiger charge is 2.43. The topological polar surface area (TPSA) is 92.8 Å². The molecule has 2 rings (SSSR count). The first-order valence-electron chi connectivity index (χ1n) is 10.9. The Kier molecular flexibility index (Phi) is 10.2. The van der Waals surface area contributed by atoms with Crippen molar-refractivity contribution in [3.8, 4) is 0 Å². The van der Waals surface area contributed by atoms with Crippen LogP contribution in [0, 0.1) is 6.92 Å². The van der Waals surface area contributed by atoms with Crippen LogP contribution in [0.1, 0.15) is 64.1 Å². The lowest BCUT2D eigenvalue weighted by molar-refractivity contribution is 0.148. The van der Waals surface area contributed by atoms with E-state index in [0.29, 0.717) is 57.6 Å². The number of ether oxygens (including phenoxy) is 1. The highest BCUT2D eigenvalue weighted by Crippen LogP contribution is 2.41. The van der Waals surface area contributed by atoms with E-state index < -0.39 is 8.07 Å². The summed E-state index contributed by atoms with van der Waals surface area (Å²) in [5.41, 5.74) is 4.84. The van der Waals surface area contributed by atoms with Gasteiger partial charge >= 0.3 is 0 Å². The SMILES string of the molecule is Cc1ccc(Cl)cc1CN=C(NSO)c1nonc1COC[Si](C(C)C)(C(C)C)C(C)C. The molecule has 178 valence electrons. The predicted molar refractivity (Wildman–Crippen MR) is 135 cm³/mol. The molecule has 10 heteroatoms. The second kappa shape index (κ2) is 12.2. The molecule has 7 nitrogen and oxygen atoms in total. The molecule has 0 bridgehead atoms. The Hall–Kier alpha value is -1.39. The normalized spacial score (nSPS) is 12.9. The van der Waals surface area contributed by atoms with Gasteiger partial charge in [0.2, 0.25) is 0 Å². The molecule has 0 saturated carbocycles. The number of rotatable bonds is 11. The van der Waals surface area contributed by atoms with Crippen LogP contribution < -0.4 is 4.72 Å². The van der Waals surface area contributed by atoms with E-state index in [1.165, 1.54) is 0 Å². The molecule has 0 atom stereocenters. The fourth-order valence-corrected chi connectivity index (χ4v) is 10.4. The maximum Gasteiger partial charge on any atom is 0.176 e. The standard InChI is InChI=1S/C22H35ClN4O3SSi/c1-14(2)32(15(3)4,16(5)6)13-29-12-20-21(26-30-25-20)22(27-31-28)24-11-18-10-19(23)9-8-17(18)7/h8-10,14-16,28H,11-13H2,1-7H3,(H,24,27). The van der Waals surface area contributed by atoms with Crippen molar-refractivity contribution < 1.29 is 13.9 Å². The Morgan fingerprint density at radius 1 is 1.19 bits per heavy atom. The molecule has 0 unspecified atom stereocenters. The second-order valence-electron chi connectivity index (χ2n) is 9.06. The van der Waals surface area contributed by atoms with Gasteiger partial charge in [0.05, 0.1) is 21.2 Å². The summed E-state index contributed by atoms with van der Waals surface area (Å²) in [7, 11) is -1.70. The summed E-state index contributed by atoms with van der Waals surface area (Å²) in [6, 6.07) is 5.67. The largest absolute Gasteiger partial charge is 0.378 e. The average molecular weight is 499 g/mol. The molecule has 0 fully saturated rings. The lowest BCUT2D eigenvalue weighted by Crippen LogP contribution is -2.49. The molecule has 2 aromatic rings. The van der Waals surface area contributed by atoms with E-state index in [1.807, 2.05) is 25.1 Å². The molecule has 0 amide bonds. The summed E-state index contributed by atoms with van der Waals surface area (Å²) in [5, 5.41) is 8.69. The fourth-order valence-electron chi connectivity index (χ4n) is 4.48. The zero-order valence-corrected chi connectivity index (χ0v) is 22.5. The zero-order chi connectivity index (χ0) is 23.9. The highest BCUT2D eigenvalue weighted by molar-refractivity contribution is 7.92. The lowest BCUT2D eigenvalue weighted by Gasteiger charge is -2.42. The van der Waals surface area contributed by atoms with Crippen LogP contribution in [-0.4, -0.2) is 35.0 Å². The summed E-state index contributed by atoms with van der Waals surface area (Å²) in [6.45, 7) is 16.5. The van der Waals surface area contributed by atoms with E-state index in [0.717, 1.165) is 17.4 Å². The maximum absolute atomic E-state index is 9.39. The molecule has 0 saturated heterocycles. The molecule has 32 heavy (non-hydrogen) atoms. The Balaban J connectivity index is 2.20. The first kappa shape index (κ1) is 26.9. The van der Waals surface area contributed by atoms with Gasteiger partial charge in [-0.1, -0.05) is 64.4 Å². The number of hydrogen-bond acceptors (Lipinski definition) is 7. The third-order valence-corrected chi connectivity index (χ3v) is 14.1. The fraction of sp³-hybridized carbons (Fsp3) is 0.591. The van der Waals surface area contributed by atoms with Crippen molar-refractivity contribution in [2.45, 2.75) is 78.2 Å². The van der Waals surface area contributed by atoms with Gasteiger partial charge in [0.1, 0.15) is 17.9 Å². The first-order valence-corrected chi connectivity index (χ1v) is 14.5. The molecule has 2 N–H and O–H groups in total. The van der Waals surface area contributed by atoms with Gasteiger partial charge in [-0.25, -0.2) is 4.63 Å². The van der Waals surface area contributed by atoms with Crippen molar-refractivity contribution in [3.05, 3.63) is 45.7 Å². The van der Waals surface area contributed by atoms with Gasteiger partial charge in [-0.3, -0.25) is 9.71 Å². The third kappa shape index (κ3) is 6.35. The molecule has 0 radical (unpaired) electrons. The molecule has 0 aliphatic rings. The van der Waals surface area contributed by atoms with Crippen LogP contribution in [-0.2, 0) is 17.9 Å². The van der Waals surface area contributed by atoms with Crippen molar-refractivity contribution in [1.82, 2.24) is 15.0 Å². The van der Waals surface area contributed by atoms with Gasteiger partial charge in [0.15, 0.2) is 11.5 Å². The minimum atomic E-state index is -1.70. The number of aryl methyl sites for hydroxylation is 1. The van der Waals surface area contributed by atoms with Crippen molar-refractivity contribution >= 4 is 37.7 Å². The molecule has 1 aromatic heterocycles. The molecule has 1 aromatic carbocycles. The summed E-state index contributed by atoms with van der Waals surface area (Å²) < 4.78 is 23.4. The summed E-state index contributed by atoms with van der Waals surface area (Å²) in [6.07, 6.45) is 0.739. The van der Waals surface area contributed by atoms with E-state index in [1.54, 1.807) is 0 Å². The summed E-state index contributed by atoms with van der Waals surface area (Å²) in [4.78, 5) is 4.59. The van der Waals surface area contributed by atoms with E-state index in [4.69, 9.17) is 21.0 Å². The number of halogens is 1. The Morgan fingerprint density at radius 3 is 2.44 bits per heavy atom. The average Bonchev–Trinajstić information content (AvgIpc) is 3.18. The van der Waals surface area contributed by atoms with Crippen LogP contribution in [0.15, 0.2) is 27.8 Å². The van der Waals surface area contributed by atoms with Crippen molar-refractivity contribution in [2.24, 2.45) is 4.99 Å². The van der Waals surface area contributed by atoms with Gasteiger partial charge < -0.3 is 9.29 Å². The highest BCUT2D eigenvalue weighted by atomic mass is 35.5. The van der Waals surface area contributed by atoms with Crippen LogP contribution in [0.5, 0.6) is 0 Å². The van der Waals surface area contributed by atoms with E-state index in [9.17, 15) is 4.55 Å². The van der Waals surface area contributed by atoms with Crippen LogP contribution in [0.3, 0.4) is 0 Å². The van der Waals surface area contributed by atoms with Crippen LogP contribution in [0.4, 0.5) is 0 Å². The lowest BCUT2D eigenvalue weighted by atomic mass is 10.1. The minimum Gasteiger partial charge on any atom is -0.378 e. The number of hydrogen-bond donors (Lipinski definition) is 2. The predicted octanol–water partition coefficient (Wildman–Crippen LogP) is 6.42. The summed E-state index contributed by atoms with van der Waals surface area (Å²) >= 11 is 6.57. The molecular weight excluding hydrogens is 464 g/mol. The third-order valence-electron chi connectivity index (χ3n) is 6.46. The maximum atomic E-state index is 9.39.